The number of likely N-dealkylation sites (tertiary alicyclic amines) is 1. The number of aromatic nitrogens is 5. The van der Waals surface area contributed by atoms with Gasteiger partial charge in [0.1, 0.15) is 18.0 Å². The smallest absolute Gasteiger partial charge is 0.387 e. The maximum Gasteiger partial charge on any atom is 0.387 e. The first-order valence-corrected chi connectivity index (χ1v) is 16.6. The largest absolute Gasteiger partial charge is 0.434 e. The van der Waals surface area contributed by atoms with E-state index in [0.717, 1.165) is 44.0 Å². The number of halogens is 2. The molecular formula is C32H40F2N8O4S. The summed E-state index contributed by atoms with van der Waals surface area (Å²) in [6.07, 6.45) is 6.84. The molecule has 3 aromatic heterocycles. The number of nitrogens with one attached hydrogen (secondary N) is 1. The molecule has 0 saturated carbocycles. The number of benzene rings is 1. The van der Waals surface area contributed by atoms with Crippen LogP contribution < -0.4 is 10.1 Å². The summed E-state index contributed by atoms with van der Waals surface area (Å²) in [5.74, 6) is -0.173. The minimum Gasteiger partial charge on any atom is -0.434 e. The van der Waals surface area contributed by atoms with Crippen molar-refractivity contribution >= 4 is 29.0 Å². The average molecular weight is 671 g/mol. The molecule has 2 saturated heterocycles. The van der Waals surface area contributed by atoms with Gasteiger partial charge in [-0.25, -0.2) is 9.50 Å². The van der Waals surface area contributed by atoms with Crippen LogP contribution in [0.2, 0.25) is 0 Å². The summed E-state index contributed by atoms with van der Waals surface area (Å²) in [5.41, 5.74) is 1.74. The highest BCUT2D eigenvalue weighted by Gasteiger charge is 2.37. The molecule has 1 atom stereocenters. The zero-order valence-electron chi connectivity index (χ0n) is 26.7. The van der Waals surface area contributed by atoms with Crippen LogP contribution in [-0.2, 0) is 16.1 Å². The summed E-state index contributed by atoms with van der Waals surface area (Å²) < 4.78 is 40.5. The lowest BCUT2D eigenvalue weighted by Crippen LogP contribution is -2.57. The molecule has 1 amide bonds. The van der Waals surface area contributed by atoms with Crippen molar-refractivity contribution in [2.45, 2.75) is 68.7 Å². The van der Waals surface area contributed by atoms with E-state index in [4.69, 9.17) is 14.6 Å². The third kappa shape index (κ3) is 7.53. The Kier molecular flexibility index (Phi) is 9.96. The Morgan fingerprint density at radius 1 is 1.19 bits per heavy atom. The fraction of sp³-hybridized carbons (Fsp3) is 0.500. The predicted molar refractivity (Wildman–Crippen MR) is 173 cm³/mol. The van der Waals surface area contributed by atoms with Gasteiger partial charge in [0.25, 0.3) is 0 Å². The Bertz CT molecular complexity index is 1680. The van der Waals surface area contributed by atoms with Crippen LogP contribution in [0.25, 0.3) is 16.9 Å². The van der Waals surface area contributed by atoms with Crippen LogP contribution in [0.4, 0.5) is 14.5 Å². The van der Waals surface area contributed by atoms with E-state index in [1.807, 2.05) is 18.7 Å². The van der Waals surface area contributed by atoms with Crippen LogP contribution in [0.1, 0.15) is 45.4 Å². The highest BCUT2D eigenvalue weighted by atomic mass is 32.2. The zero-order valence-corrected chi connectivity index (χ0v) is 27.5. The van der Waals surface area contributed by atoms with Gasteiger partial charge in [0, 0.05) is 66.0 Å². The molecule has 2 aliphatic rings. The summed E-state index contributed by atoms with van der Waals surface area (Å²) in [6, 6.07) is 6.67. The maximum absolute atomic E-state index is 13.6. The Labute approximate surface area is 276 Å². The average Bonchev–Trinajstić information content (AvgIpc) is 3.66. The molecule has 2 fully saturated rings. The number of morpholine rings is 1. The van der Waals surface area contributed by atoms with Crippen molar-refractivity contribution in [3.8, 4) is 17.0 Å². The number of aliphatic hydroxyl groups is 1. The lowest BCUT2D eigenvalue weighted by Gasteiger charge is -2.48. The number of hydrogen-bond donors (Lipinski definition) is 2. The van der Waals surface area contributed by atoms with E-state index in [0.29, 0.717) is 35.6 Å². The van der Waals surface area contributed by atoms with Crippen molar-refractivity contribution in [2.75, 3.05) is 44.7 Å². The highest BCUT2D eigenvalue weighted by Crippen LogP contribution is 2.40. The number of carbonyl (C=O) groups is 1. The molecule has 2 N–H and O–H groups in total. The van der Waals surface area contributed by atoms with Crippen molar-refractivity contribution in [2.24, 2.45) is 0 Å². The number of rotatable bonds is 11. The van der Waals surface area contributed by atoms with E-state index < -0.39 is 12.8 Å². The first-order valence-electron chi connectivity index (χ1n) is 15.8. The maximum atomic E-state index is 13.6. The third-order valence-electron chi connectivity index (χ3n) is 8.71. The Hall–Kier alpha value is -3.79. The summed E-state index contributed by atoms with van der Waals surface area (Å²) >= 11 is 1.56. The van der Waals surface area contributed by atoms with Gasteiger partial charge in [0.2, 0.25) is 5.91 Å². The molecule has 0 bridgehead atoms. The minimum absolute atomic E-state index is 0.0136. The summed E-state index contributed by atoms with van der Waals surface area (Å²) in [6.45, 7) is 7.66. The second-order valence-electron chi connectivity index (χ2n) is 12.3. The van der Waals surface area contributed by atoms with E-state index in [9.17, 15) is 18.7 Å². The van der Waals surface area contributed by atoms with Crippen molar-refractivity contribution in [3.63, 3.8) is 0 Å². The van der Waals surface area contributed by atoms with E-state index in [1.165, 1.54) is 21.5 Å². The van der Waals surface area contributed by atoms with Gasteiger partial charge in [0.05, 0.1) is 30.7 Å². The SMILES string of the molecule is CC(C)Sc1ccc(OC(F)F)c(-c2nn(CC(=O)N3CCC(C)(N4CCOCC4)CC3)cc2NC(O)c2cnn3cccnc23)c1. The van der Waals surface area contributed by atoms with Gasteiger partial charge >= 0.3 is 6.61 Å². The lowest BCUT2D eigenvalue weighted by atomic mass is 9.87. The number of piperidine rings is 1. The molecule has 0 radical (unpaired) electrons. The van der Waals surface area contributed by atoms with Gasteiger partial charge in [-0.3, -0.25) is 14.4 Å². The monoisotopic (exact) mass is 670 g/mol. The number of anilines is 1. The van der Waals surface area contributed by atoms with Crippen LogP contribution in [-0.4, -0.2) is 102 Å². The molecule has 1 unspecified atom stereocenters. The lowest BCUT2D eigenvalue weighted by molar-refractivity contribution is -0.135. The molecule has 6 rings (SSSR count). The normalized spacial score (nSPS) is 17.8. The van der Waals surface area contributed by atoms with Gasteiger partial charge in [-0.2, -0.15) is 19.0 Å². The molecule has 47 heavy (non-hydrogen) atoms. The van der Waals surface area contributed by atoms with Crippen molar-refractivity contribution in [1.29, 1.82) is 0 Å². The first kappa shape index (κ1) is 33.1. The van der Waals surface area contributed by atoms with E-state index >= 15 is 0 Å². The van der Waals surface area contributed by atoms with Gasteiger partial charge in [-0.15, -0.1) is 11.8 Å². The molecule has 1 aromatic carbocycles. The Morgan fingerprint density at radius 3 is 2.68 bits per heavy atom. The number of ether oxygens (including phenoxy) is 2. The number of amides is 1. The van der Waals surface area contributed by atoms with Crippen LogP contribution in [0.15, 0.2) is 53.9 Å². The number of alkyl halides is 2. The van der Waals surface area contributed by atoms with Gasteiger partial charge in [0.15, 0.2) is 11.9 Å². The topological polar surface area (TPSA) is 122 Å². The highest BCUT2D eigenvalue weighted by molar-refractivity contribution is 7.99. The number of fused-ring (bicyclic) bond motifs is 1. The standard InChI is InChI=1S/C32H40F2N8O4S/c1-21(2)47-22-5-6-26(46-31(33)34)23(17-22)28-25(37-30(44)24-18-36-42-10-4-9-35-29(24)42)19-41(38-28)20-27(43)39-11-7-32(3,8-12-39)40-13-15-45-16-14-40/h4-6,9-10,17-19,21,30-31,37,44H,7-8,11-16,20H2,1-3H3. The number of nitrogens with zero attached hydrogens (tertiary/aromatic N) is 7. The number of thioether (sulfide) groups is 1. The van der Waals surface area contributed by atoms with Crippen LogP contribution in [0.5, 0.6) is 5.75 Å². The van der Waals surface area contributed by atoms with Gasteiger partial charge in [-0.1, -0.05) is 13.8 Å². The van der Waals surface area contributed by atoms with Crippen molar-refractivity contribution in [3.05, 3.63) is 54.6 Å². The van der Waals surface area contributed by atoms with E-state index in [1.54, 1.807) is 48.6 Å². The quantitative estimate of drug-likeness (QED) is 0.174. The second kappa shape index (κ2) is 14.1. The van der Waals surface area contributed by atoms with Crippen LogP contribution in [0, 0.1) is 0 Å². The molecule has 15 heteroatoms. The zero-order chi connectivity index (χ0) is 33.1. The summed E-state index contributed by atoms with van der Waals surface area (Å²) in [7, 11) is 0. The van der Waals surface area contributed by atoms with E-state index in [-0.39, 0.29) is 34.7 Å². The molecule has 0 aliphatic carbocycles. The van der Waals surface area contributed by atoms with Crippen LogP contribution >= 0.6 is 11.8 Å². The van der Waals surface area contributed by atoms with Crippen molar-refractivity contribution in [1.82, 2.24) is 34.2 Å². The predicted octanol–water partition coefficient (Wildman–Crippen LogP) is 4.51. The minimum atomic E-state index is -3.06. The number of carbonyl (C=O) groups excluding carboxylic acids is 1. The van der Waals surface area contributed by atoms with Crippen molar-refractivity contribution < 1.29 is 28.2 Å². The fourth-order valence-electron chi connectivity index (χ4n) is 6.20. The number of aliphatic hydroxyl groups excluding tert-OH is 1. The van der Waals surface area contributed by atoms with E-state index in [2.05, 4.69) is 27.2 Å². The molecular weight excluding hydrogens is 630 g/mol. The summed E-state index contributed by atoms with van der Waals surface area (Å²) in [4.78, 5) is 23.0. The molecule has 12 nitrogen and oxygen atoms in total. The Morgan fingerprint density at radius 2 is 1.96 bits per heavy atom. The Balaban J connectivity index is 1.28. The molecule has 0 spiro atoms. The summed E-state index contributed by atoms with van der Waals surface area (Å²) in [5, 5.41) is 23.5. The molecule has 4 aromatic rings. The third-order valence-corrected chi connectivity index (χ3v) is 9.71. The molecule has 252 valence electrons. The first-order chi connectivity index (χ1) is 22.6. The fourth-order valence-corrected chi connectivity index (χ4v) is 7.08. The second-order valence-corrected chi connectivity index (χ2v) is 14.0. The number of hydrogen-bond acceptors (Lipinski definition) is 10. The van der Waals surface area contributed by atoms with Gasteiger partial charge < -0.3 is 24.8 Å². The van der Waals surface area contributed by atoms with Crippen LogP contribution in [0.3, 0.4) is 0 Å². The molecule has 2 aliphatic heterocycles. The molecule has 5 heterocycles. The van der Waals surface area contributed by atoms with Gasteiger partial charge in [-0.05, 0) is 44.0 Å².